The van der Waals surface area contributed by atoms with Gasteiger partial charge >= 0.3 is 12.3 Å². The molecule has 2 saturated heterocycles. The minimum absolute atomic E-state index is 0.0296. The normalized spacial score (nSPS) is 25.6. The maximum Gasteiger partial charge on any atom is 0.409 e. The van der Waals surface area contributed by atoms with Crippen molar-refractivity contribution in [3.05, 3.63) is 41.1 Å². The minimum atomic E-state index is -4.69. The van der Waals surface area contributed by atoms with Crippen molar-refractivity contribution < 1.29 is 45.7 Å². The molecule has 4 fully saturated rings. The summed E-state index contributed by atoms with van der Waals surface area (Å²) in [5, 5.41) is 17.0. The van der Waals surface area contributed by atoms with Gasteiger partial charge in [-0.3, -0.25) is 9.59 Å². The maximum absolute atomic E-state index is 14.1. The van der Waals surface area contributed by atoms with Gasteiger partial charge in [0, 0.05) is 25.3 Å². The van der Waals surface area contributed by atoms with Crippen LogP contribution in [0.15, 0.2) is 23.1 Å². The second-order valence-corrected chi connectivity index (χ2v) is 13.0. The van der Waals surface area contributed by atoms with Crippen molar-refractivity contribution in [3.63, 3.8) is 0 Å². The maximum atomic E-state index is 14.1. The van der Waals surface area contributed by atoms with E-state index < -0.39 is 59.8 Å². The van der Waals surface area contributed by atoms with Crippen molar-refractivity contribution in [2.24, 2.45) is 11.3 Å². The smallest absolute Gasteiger partial charge is 0.409 e. The van der Waals surface area contributed by atoms with E-state index in [9.17, 15) is 36.3 Å². The average Bonchev–Trinajstić information content (AvgIpc) is 3.31. The summed E-state index contributed by atoms with van der Waals surface area (Å²) in [5.41, 5.74) is -0.150. The molecule has 2 N–H and O–H groups in total. The Balaban J connectivity index is 1.18. The first-order valence-electron chi connectivity index (χ1n) is 15.4. The van der Waals surface area contributed by atoms with Gasteiger partial charge in [0.05, 0.1) is 36.1 Å². The molecule has 0 unspecified atom stereocenters. The van der Waals surface area contributed by atoms with Crippen LogP contribution < -0.4 is 10.6 Å². The summed E-state index contributed by atoms with van der Waals surface area (Å²) in [7, 11) is 0. The largest absolute Gasteiger partial charge is 0.448 e. The van der Waals surface area contributed by atoms with Gasteiger partial charge in [-0.15, -0.1) is 0 Å². The number of cyclic esters (lactones) is 1. The lowest BCUT2D eigenvalue weighted by Crippen LogP contribution is -2.44. The number of hydrogen-bond acceptors (Lipinski definition) is 9. The van der Waals surface area contributed by atoms with Crippen molar-refractivity contribution in [3.8, 4) is 0 Å². The second kappa shape index (κ2) is 11.4. The first kappa shape index (κ1) is 31.2. The molecule has 252 valence electrons. The van der Waals surface area contributed by atoms with Crippen molar-refractivity contribution in [1.82, 2.24) is 40.4 Å². The highest BCUT2D eigenvalue weighted by molar-refractivity contribution is 5.93. The van der Waals surface area contributed by atoms with Crippen LogP contribution in [0.2, 0.25) is 0 Å². The third kappa shape index (κ3) is 6.20. The fourth-order valence-electron chi connectivity index (χ4n) is 6.91. The van der Waals surface area contributed by atoms with Crippen LogP contribution in [0.25, 0.3) is 5.65 Å². The number of hydrogen-bond donors (Lipinski definition) is 2. The molecule has 7 rings (SSSR count). The molecular formula is C29H31F5N8O5. The molecule has 3 aromatic heterocycles. The lowest BCUT2D eigenvalue weighted by molar-refractivity contribution is -0.155. The van der Waals surface area contributed by atoms with Crippen LogP contribution in [-0.4, -0.2) is 85.6 Å². The average molecular weight is 667 g/mol. The molecule has 2 saturated carbocycles. The van der Waals surface area contributed by atoms with E-state index in [4.69, 9.17) is 9.37 Å². The predicted molar refractivity (Wildman–Crippen MR) is 148 cm³/mol. The van der Waals surface area contributed by atoms with E-state index in [1.54, 1.807) is 12.3 Å². The first-order chi connectivity index (χ1) is 22.3. The van der Waals surface area contributed by atoms with Crippen LogP contribution in [0.4, 0.5) is 26.7 Å². The molecule has 0 bridgehead atoms. The van der Waals surface area contributed by atoms with Crippen LogP contribution in [0, 0.1) is 11.3 Å². The summed E-state index contributed by atoms with van der Waals surface area (Å²) in [6.07, 6.45) is -2.00. The van der Waals surface area contributed by atoms with Crippen molar-refractivity contribution in [2.75, 3.05) is 19.7 Å². The van der Waals surface area contributed by atoms with Crippen molar-refractivity contribution in [2.45, 2.75) is 81.5 Å². The Labute approximate surface area is 263 Å². The molecular weight excluding hydrogens is 635 g/mol. The van der Waals surface area contributed by atoms with Crippen LogP contribution in [-0.2, 0) is 16.0 Å². The summed E-state index contributed by atoms with van der Waals surface area (Å²) in [6, 6.07) is -1.32. The van der Waals surface area contributed by atoms with Crippen LogP contribution >= 0.6 is 0 Å². The molecule has 18 heteroatoms. The number of alkyl halides is 5. The van der Waals surface area contributed by atoms with Crippen molar-refractivity contribution >= 4 is 23.6 Å². The number of aromatic nitrogens is 5. The van der Waals surface area contributed by atoms with E-state index in [0.29, 0.717) is 17.0 Å². The van der Waals surface area contributed by atoms with Crippen LogP contribution in [0.5, 0.6) is 0 Å². The lowest BCUT2D eigenvalue weighted by Gasteiger charge is -2.33. The fourth-order valence-corrected chi connectivity index (χ4v) is 6.91. The molecule has 2 aliphatic heterocycles. The molecule has 0 radical (unpaired) electrons. The molecule has 3 aromatic rings. The molecule has 13 nitrogen and oxygen atoms in total. The summed E-state index contributed by atoms with van der Waals surface area (Å²) in [4.78, 5) is 44.6. The Morgan fingerprint density at radius 3 is 2.57 bits per heavy atom. The van der Waals surface area contributed by atoms with Gasteiger partial charge < -0.3 is 20.3 Å². The Morgan fingerprint density at radius 1 is 1.15 bits per heavy atom. The SMILES string of the molecule is O=C(N[C@H](c1cn2ncc(C[C@@]3(CN4CCOC4=O)C[C@@H](C(F)(F)F)NC3=O)cc2n1)C1CCC(F)(F)CC1)c1nonc1C1CC1. The standard InChI is InChI=1S/C29H31F5N8O5/c30-28(31)5-3-17(4-6-28)21(38-24(43)23-22(16-1-2-16)39-47-40-23)18-13-42-20(36-18)9-15(12-35-42)10-27(14-41-7-8-46-26(41)45)11-19(29(32,33)34)37-25(27)44/h9,12-13,16-17,19,21H,1-8,10-11,14H2,(H,37,44)(H,38,43)/t19-,21-,27-/m0/s1. The number of fused-ring (bicyclic) bond motifs is 1. The zero-order valence-electron chi connectivity index (χ0n) is 24.9. The first-order valence-corrected chi connectivity index (χ1v) is 15.4. The monoisotopic (exact) mass is 666 g/mol. The Kier molecular flexibility index (Phi) is 7.57. The number of carbonyl (C=O) groups excluding carboxylic acids is 3. The Bertz CT molecular complexity index is 1700. The highest BCUT2D eigenvalue weighted by Gasteiger charge is 2.56. The summed E-state index contributed by atoms with van der Waals surface area (Å²) < 4.78 is 80.5. The van der Waals surface area contributed by atoms with Gasteiger partial charge in [0.2, 0.25) is 11.8 Å². The summed E-state index contributed by atoms with van der Waals surface area (Å²) >= 11 is 0. The number of nitrogens with zero attached hydrogens (tertiary/aromatic N) is 6. The van der Waals surface area contributed by atoms with Gasteiger partial charge in [-0.1, -0.05) is 5.16 Å². The van der Waals surface area contributed by atoms with Gasteiger partial charge in [-0.2, -0.15) is 18.3 Å². The number of imidazole rings is 1. The number of nitrogens with one attached hydrogen (secondary N) is 2. The molecule has 47 heavy (non-hydrogen) atoms. The van der Waals surface area contributed by atoms with Gasteiger partial charge in [0.15, 0.2) is 11.3 Å². The summed E-state index contributed by atoms with van der Waals surface area (Å²) in [5.74, 6) is -4.55. The molecule has 4 aliphatic rings. The Morgan fingerprint density at radius 2 is 1.91 bits per heavy atom. The number of carbonyl (C=O) groups is 3. The zero-order valence-corrected chi connectivity index (χ0v) is 24.9. The van der Waals surface area contributed by atoms with E-state index in [2.05, 4.69) is 25.7 Å². The number of amides is 3. The van der Waals surface area contributed by atoms with E-state index in [-0.39, 0.29) is 69.1 Å². The quantitative estimate of drug-likeness (QED) is 0.325. The van der Waals surface area contributed by atoms with E-state index in [1.807, 2.05) is 5.32 Å². The van der Waals surface area contributed by atoms with Gasteiger partial charge in [-0.25, -0.2) is 27.7 Å². The molecule has 5 heterocycles. The van der Waals surface area contributed by atoms with Crippen LogP contribution in [0.3, 0.4) is 0 Å². The van der Waals surface area contributed by atoms with Gasteiger partial charge in [0.25, 0.3) is 5.91 Å². The van der Waals surface area contributed by atoms with Crippen LogP contribution in [0.1, 0.15) is 84.3 Å². The van der Waals surface area contributed by atoms with Crippen molar-refractivity contribution in [1.29, 1.82) is 0 Å². The highest BCUT2D eigenvalue weighted by Crippen LogP contribution is 2.44. The molecule has 2 aliphatic carbocycles. The zero-order chi connectivity index (χ0) is 33.1. The number of halogens is 5. The van der Waals surface area contributed by atoms with Gasteiger partial charge in [0.1, 0.15) is 18.3 Å². The molecule has 0 spiro atoms. The highest BCUT2D eigenvalue weighted by atomic mass is 19.4. The fraction of sp³-hybridized carbons (Fsp3) is 0.621. The lowest BCUT2D eigenvalue weighted by atomic mass is 9.78. The topological polar surface area (TPSA) is 157 Å². The Hall–Kier alpha value is -4.38. The second-order valence-electron chi connectivity index (χ2n) is 13.0. The number of rotatable bonds is 9. The summed E-state index contributed by atoms with van der Waals surface area (Å²) in [6.45, 7) is -0.0809. The van der Waals surface area contributed by atoms with E-state index in [1.165, 1.54) is 15.6 Å². The number of ether oxygens (including phenoxy) is 1. The molecule has 3 atom stereocenters. The predicted octanol–water partition coefficient (Wildman–Crippen LogP) is 3.72. The third-order valence-electron chi connectivity index (χ3n) is 9.58. The van der Waals surface area contributed by atoms with E-state index in [0.717, 1.165) is 12.8 Å². The minimum Gasteiger partial charge on any atom is -0.448 e. The third-order valence-corrected chi connectivity index (χ3v) is 9.58. The molecule has 3 amide bonds. The van der Waals surface area contributed by atoms with E-state index >= 15 is 0 Å². The molecule has 0 aromatic carbocycles. The van der Waals surface area contributed by atoms with Gasteiger partial charge in [-0.05, 0) is 61.2 Å².